The van der Waals surface area contributed by atoms with Crippen LogP contribution in [-0.2, 0) is 4.79 Å². The first-order valence-electron chi connectivity index (χ1n) is 6.33. The summed E-state index contributed by atoms with van der Waals surface area (Å²) in [6.45, 7) is 4.45. The van der Waals surface area contributed by atoms with Crippen molar-refractivity contribution in [3.63, 3.8) is 0 Å². The van der Waals surface area contributed by atoms with Gasteiger partial charge >= 0.3 is 0 Å². The zero-order valence-electron chi connectivity index (χ0n) is 9.67. The third-order valence-corrected chi connectivity index (χ3v) is 3.86. The number of carbonyl (C=O) groups excluding carboxylic acids is 1. The second kappa shape index (κ2) is 4.97. The number of hydrogen-bond acceptors (Lipinski definition) is 2. The van der Waals surface area contributed by atoms with E-state index < -0.39 is 0 Å². The molecule has 2 atom stereocenters. The molecule has 0 radical (unpaired) electrons. The van der Waals surface area contributed by atoms with E-state index in [9.17, 15) is 4.79 Å². The highest BCUT2D eigenvalue weighted by Crippen LogP contribution is 2.35. The number of nitrogens with zero attached hydrogens (tertiary/aromatic N) is 1. The van der Waals surface area contributed by atoms with E-state index in [1.165, 1.54) is 32.1 Å². The molecule has 1 amide bonds. The van der Waals surface area contributed by atoms with Gasteiger partial charge in [0.05, 0.1) is 6.54 Å². The quantitative estimate of drug-likeness (QED) is 0.763. The van der Waals surface area contributed by atoms with E-state index in [4.69, 9.17) is 0 Å². The number of nitrogens with one attached hydrogen (secondary N) is 1. The predicted molar refractivity (Wildman–Crippen MR) is 60.6 cm³/mol. The van der Waals surface area contributed by atoms with E-state index in [-0.39, 0.29) is 0 Å². The minimum atomic E-state index is 0.311. The Labute approximate surface area is 92.2 Å². The molecule has 1 saturated carbocycles. The third-order valence-electron chi connectivity index (χ3n) is 3.86. The van der Waals surface area contributed by atoms with Crippen LogP contribution in [0.1, 0.15) is 39.0 Å². The Morgan fingerprint density at radius 3 is 2.93 bits per heavy atom. The second-order valence-corrected chi connectivity index (χ2v) is 4.77. The maximum Gasteiger partial charge on any atom is 0.236 e. The fraction of sp³-hybridized carbons (Fsp3) is 0.917. The smallest absolute Gasteiger partial charge is 0.236 e. The molecule has 15 heavy (non-hydrogen) atoms. The molecule has 3 nitrogen and oxygen atoms in total. The van der Waals surface area contributed by atoms with E-state index in [2.05, 4.69) is 10.2 Å². The Morgan fingerprint density at radius 2 is 2.13 bits per heavy atom. The maximum absolute atomic E-state index is 11.9. The van der Waals surface area contributed by atoms with Gasteiger partial charge in [0.25, 0.3) is 0 Å². The lowest BCUT2D eigenvalue weighted by Crippen LogP contribution is -2.43. The Balaban J connectivity index is 1.89. The number of likely N-dealkylation sites (N-methyl/N-ethyl adjacent to an activating group) is 1. The van der Waals surface area contributed by atoms with Gasteiger partial charge in [0.1, 0.15) is 0 Å². The van der Waals surface area contributed by atoms with Gasteiger partial charge in [-0.15, -0.1) is 0 Å². The standard InChI is InChI=1S/C12H22N2O/c1-2-13-9-12(15)14-8-7-10-5-3-4-6-11(10)14/h10-11,13H,2-9H2,1H3. The topological polar surface area (TPSA) is 32.3 Å². The Morgan fingerprint density at radius 1 is 1.33 bits per heavy atom. The van der Waals surface area contributed by atoms with Crippen molar-refractivity contribution in [1.29, 1.82) is 0 Å². The molecular weight excluding hydrogens is 188 g/mol. The van der Waals surface area contributed by atoms with Crippen LogP contribution in [0.15, 0.2) is 0 Å². The average Bonchev–Trinajstić information content (AvgIpc) is 2.69. The summed E-state index contributed by atoms with van der Waals surface area (Å²) in [6, 6.07) is 0.574. The van der Waals surface area contributed by atoms with Gasteiger partial charge in [0, 0.05) is 12.6 Å². The first-order chi connectivity index (χ1) is 7.33. The Bertz CT molecular complexity index is 230. The molecule has 2 unspecified atom stereocenters. The number of amides is 1. The molecule has 1 heterocycles. The molecule has 0 aromatic heterocycles. The maximum atomic E-state index is 11.9. The molecule has 1 aliphatic heterocycles. The van der Waals surface area contributed by atoms with Gasteiger partial charge in [-0.05, 0) is 31.7 Å². The van der Waals surface area contributed by atoms with E-state index in [1.54, 1.807) is 0 Å². The number of hydrogen-bond donors (Lipinski definition) is 1. The zero-order valence-corrected chi connectivity index (χ0v) is 9.67. The van der Waals surface area contributed by atoms with E-state index in [0.29, 0.717) is 18.5 Å². The van der Waals surface area contributed by atoms with Crippen LogP contribution < -0.4 is 5.32 Å². The summed E-state index contributed by atoms with van der Waals surface area (Å²) in [4.78, 5) is 14.1. The van der Waals surface area contributed by atoms with E-state index in [1.807, 2.05) is 6.92 Å². The summed E-state index contributed by atoms with van der Waals surface area (Å²) < 4.78 is 0. The molecule has 1 N–H and O–H groups in total. The zero-order chi connectivity index (χ0) is 10.7. The normalized spacial score (nSPS) is 30.3. The lowest BCUT2D eigenvalue weighted by molar-refractivity contribution is -0.131. The molecule has 2 aliphatic rings. The van der Waals surface area contributed by atoms with Gasteiger partial charge in [-0.3, -0.25) is 4.79 Å². The van der Waals surface area contributed by atoms with Gasteiger partial charge in [0.15, 0.2) is 0 Å². The lowest BCUT2D eigenvalue weighted by atomic mass is 9.85. The van der Waals surface area contributed by atoms with Crippen LogP contribution in [0.25, 0.3) is 0 Å². The highest BCUT2D eigenvalue weighted by Gasteiger charge is 2.37. The molecule has 0 spiro atoms. The SMILES string of the molecule is CCNCC(=O)N1CCC2CCCCC21. The first-order valence-corrected chi connectivity index (χ1v) is 6.33. The van der Waals surface area contributed by atoms with Crippen LogP contribution in [0, 0.1) is 5.92 Å². The van der Waals surface area contributed by atoms with Crippen LogP contribution >= 0.6 is 0 Å². The van der Waals surface area contributed by atoms with E-state index in [0.717, 1.165) is 19.0 Å². The fourth-order valence-corrected chi connectivity index (χ4v) is 3.05. The van der Waals surface area contributed by atoms with Crippen molar-refractivity contribution in [2.24, 2.45) is 5.92 Å². The van der Waals surface area contributed by atoms with Gasteiger partial charge in [-0.2, -0.15) is 0 Å². The van der Waals surface area contributed by atoms with Gasteiger partial charge < -0.3 is 10.2 Å². The average molecular weight is 210 g/mol. The molecule has 1 saturated heterocycles. The molecule has 0 aromatic rings. The lowest BCUT2D eigenvalue weighted by Gasteiger charge is -2.31. The Hall–Kier alpha value is -0.570. The van der Waals surface area contributed by atoms with Crippen molar-refractivity contribution in [1.82, 2.24) is 10.2 Å². The predicted octanol–water partition coefficient (Wildman–Crippen LogP) is 1.39. The van der Waals surface area contributed by atoms with Gasteiger partial charge in [0.2, 0.25) is 5.91 Å². The third kappa shape index (κ3) is 2.33. The largest absolute Gasteiger partial charge is 0.338 e. The number of carbonyl (C=O) groups is 1. The molecular formula is C12H22N2O. The summed E-state index contributed by atoms with van der Waals surface area (Å²) >= 11 is 0. The van der Waals surface area contributed by atoms with Crippen LogP contribution in [-0.4, -0.2) is 36.5 Å². The van der Waals surface area contributed by atoms with Gasteiger partial charge in [-0.25, -0.2) is 0 Å². The molecule has 0 bridgehead atoms. The second-order valence-electron chi connectivity index (χ2n) is 4.77. The highest BCUT2D eigenvalue weighted by atomic mass is 16.2. The number of rotatable bonds is 3. The highest BCUT2D eigenvalue weighted by molar-refractivity contribution is 5.79. The van der Waals surface area contributed by atoms with Crippen molar-refractivity contribution in [3.8, 4) is 0 Å². The molecule has 3 heteroatoms. The van der Waals surface area contributed by atoms with Crippen LogP contribution in [0.2, 0.25) is 0 Å². The summed E-state index contributed by atoms with van der Waals surface area (Å²) in [5, 5.41) is 3.13. The summed E-state index contributed by atoms with van der Waals surface area (Å²) in [7, 11) is 0. The van der Waals surface area contributed by atoms with Crippen LogP contribution in [0.4, 0.5) is 0 Å². The summed E-state index contributed by atoms with van der Waals surface area (Å²) in [5.74, 6) is 1.12. The fourth-order valence-electron chi connectivity index (χ4n) is 3.05. The molecule has 86 valence electrons. The number of likely N-dealkylation sites (tertiary alicyclic amines) is 1. The molecule has 1 aliphatic carbocycles. The molecule has 2 fully saturated rings. The monoisotopic (exact) mass is 210 g/mol. The number of fused-ring (bicyclic) bond motifs is 1. The first kappa shape index (κ1) is 10.9. The van der Waals surface area contributed by atoms with E-state index >= 15 is 0 Å². The molecule has 0 aromatic carbocycles. The minimum absolute atomic E-state index is 0.311. The van der Waals surface area contributed by atoms with Crippen molar-refractivity contribution in [3.05, 3.63) is 0 Å². The van der Waals surface area contributed by atoms with Crippen molar-refractivity contribution >= 4 is 5.91 Å². The van der Waals surface area contributed by atoms with Crippen LogP contribution in [0.3, 0.4) is 0 Å². The molecule has 2 rings (SSSR count). The van der Waals surface area contributed by atoms with Crippen LogP contribution in [0.5, 0.6) is 0 Å². The van der Waals surface area contributed by atoms with Crippen molar-refractivity contribution < 1.29 is 4.79 Å². The van der Waals surface area contributed by atoms with Crippen molar-refractivity contribution in [2.75, 3.05) is 19.6 Å². The van der Waals surface area contributed by atoms with Crippen molar-refractivity contribution in [2.45, 2.75) is 45.1 Å². The summed E-state index contributed by atoms with van der Waals surface area (Å²) in [6.07, 6.45) is 6.50. The minimum Gasteiger partial charge on any atom is -0.338 e. The Kier molecular flexibility index (Phi) is 3.62. The summed E-state index contributed by atoms with van der Waals surface area (Å²) in [5.41, 5.74) is 0. The van der Waals surface area contributed by atoms with Gasteiger partial charge in [-0.1, -0.05) is 19.8 Å².